The zero-order valence-corrected chi connectivity index (χ0v) is 17.6. The van der Waals surface area contributed by atoms with E-state index in [1.807, 2.05) is 24.3 Å². The molecule has 1 fully saturated rings. The van der Waals surface area contributed by atoms with Gasteiger partial charge in [0, 0.05) is 43.8 Å². The van der Waals surface area contributed by atoms with Crippen LogP contribution in [-0.2, 0) is 4.79 Å². The topological polar surface area (TPSA) is 87.4 Å². The summed E-state index contributed by atoms with van der Waals surface area (Å²) in [5.41, 5.74) is 2.57. The first kappa shape index (κ1) is 20.4. The Morgan fingerprint density at radius 1 is 1.10 bits per heavy atom. The minimum absolute atomic E-state index is 0.123. The van der Waals surface area contributed by atoms with Gasteiger partial charge in [0.25, 0.3) is 11.1 Å². The molecule has 0 saturated carbocycles. The molecule has 2 aromatic heterocycles. The minimum Gasteiger partial charge on any atom is -0.410 e. The third-order valence-electron chi connectivity index (χ3n) is 4.95. The lowest BCUT2D eigenvalue weighted by Gasteiger charge is -2.35. The quantitative estimate of drug-likeness (QED) is 0.579. The summed E-state index contributed by atoms with van der Waals surface area (Å²) in [6.45, 7) is 7.53. The van der Waals surface area contributed by atoms with Crippen molar-refractivity contribution < 1.29 is 9.21 Å². The van der Waals surface area contributed by atoms with Gasteiger partial charge in [0.2, 0.25) is 5.91 Å². The van der Waals surface area contributed by atoms with E-state index in [9.17, 15) is 4.79 Å². The van der Waals surface area contributed by atoms with Gasteiger partial charge < -0.3 is 19.5 Å². The van der Waals surface area contributed by atoms with Crippen molar-refractivity contribution in [3.05, 3.63) is 48.7 Å². The first-order valence-electron chi connectivity index (χ1n) is 9.96. The summed E-state index contributed by atoms with van der Waals surface area (Å²) < 4.78 is 5.56. The van der Waals surface area contributed by atoms with E-state index < -0.39 is 0 Å². The normalized spacial score (nSPS) is 14.6. The van der Waals surface area contributed by atoms with Crippen LogP contribution in [0.5, 0.6) is 0 Å². The molecule has 9 heteroatoms. The first-order valence-corrected chi connectivity index (χ1v) is 10.9. The number of carbonyl (C=O) groups excluding carboxylic acids is 1. The molecule has 0 bridgehead atoms. The van der Waals surface area contributed by atoms with E-state index in [1.165, 1.54) is 17.4 Å². The van der Waals surface area contributed by atoms with Gasteiger partial charge in [-0.25, -0.2) is 0 Å². The molecule has 4 rings (SSSR count). The van der Waals surface area contributed by atoms with E-state index in [1.54, 1.807) is 12.3 Å². The Morgan fingerprint density at radius 3 is 2.60 bits per heavy atom. The number of benzene rings is 1. The Labute approximate surface area is 179 Å². The molecular weight excluding hydrogens is 400 g/mol. The third kappa shape index (κ3) is 5.17. The van der Waals surface area contributed by atoms with Gasteiger partial charge in [-0.3, -0.25) is 9.78 Å². The molecule has 0 spiro atoms. The molecule has 0 aliphatic carbocycles. The highest BCUT2D eigenvalue weighted by Crippen LogP contribution is 2.23. The number of amides is 1. The molecule has 0 unspecified atom stereocenters. The Bertz CT molecular complexity index is 955. The van der Waals surface area contributed by atoms with Gasteiger partial charge in [0.05, 0.1) is 5.75 Å². The molecule has 3 aromatic rings. The van der Waals surface area contributed by atoms with Crippen LogP contribution in [0, 0.1) is 0 Å². The van der Waals surface area contributed by atoms with Crippen LogP contribution in [0.3, 0.4) is 0 Å². The number of pyridine rings is 1. The van der Waals surface area contributed by atoms with Gasteiger partial charge in [-0.05, 0) is 42.9 Å². The lowest BCUT2D eigenvalue weighted by molar-refractivity contribution is -0.113. The van der Waals surface area contributed by atoms with E-state index in [2.05, 4.69) is 49.4 Å². The van der Waals surface area contributed by atoms with Crippen molar-refractivity contribution in [1.82, 2.24) is 20.1 Å². The fraction of sp³-hybridized carbons (Fsp3) is 0.333. The third-order valence-corrected chi connectivity index (χ3v) is 5.77. The van der Waals surface area contributed by atoms with Crippen molar-refractivity contribution in [3.63, 3.8) is 0 Å². The molecule has 1 saturated heterocycles. The first-order chi connectivity index (χ1) is 14.7. The van der Waals surface area contributed by atoms with Gasteiger partial charge >= 0.3 is 0 Å². The van der Waals surface area contributed by atoms with E-state index in [0.717, 1.165) is 38.4 Å². The predicted molar refractivity (Wildman–Crippen MR) is 118 cm³/mol. The number of aromatic nitrogens is 3. The highest BCUT2D eigenvalue weighted by Gasteiger charge is 2.16. The number of hydrogen-bond donors (Lipinski definition) is 1. The zero-order chi connectivity index (χ0) is 20.8. The van der Waals surface area contributed by atoms with Crippen molar-refractivity contribution in [3.8, 4) is 11.6 Å². The number of nitrogens with one attached hydrogen (secondary N) is 1. The molecule has 8 nitrogen and oxygen atoms in total. The van der Waals surface area contributed by atoms with Crippen LogP contribution in [0.4, 0.5) is 11.4 Å². The molecule has 0 atom stereocenters. The molecule has 1 N–H and O–H groups in total. The Morgan fingerprint density at radius 2 is 1.90 bits per heavy atom. The average Bonchev–Trinajstić information content (AvgIpc) is 3.28. The fourth-order valence-electron chi connectivity index (χ4n) is 3.26. The number of nitrogens with zero attached hydrogens (tertiary/aromatic N) is 5. The monoisotopic (exact) mass is 424 g/mol. The molecular formula is C21H24N6O2S. The van der Waals surface area contributed by atoms with E-state index in [0.29, 0.717) is 16.8 Å². The highest BCUT2D eigenvalue weighted by atomic mass is 32.2. The molecule has 1 amide bonds. The number of carbonyl (C=O) groups is 1. The van der Waals surface area contributed by atoms with Crippen LogP contribution in [0.2, 0.25) is 0 Å². The Hall–Kier alpha value is -2.91. The van der Waals surface area contributed by atoms with Gasteiger partial charge in [-0.15, -0.1) is 10.2 Å². The number of thioether (sulfide) groups is 1. The standard InChI is InChI=1S/C21H24N6O2S/c1-2-26-11-13-27(14-12-26)17-8-6-16(7-9-17)23-19(28)15-30-21-25-24-20(29-21)18-5-3-4-10-22-18/h3-10H,2,11-15H2,1H3,(H,23,28). The molecule has 0 radical (unpaired) electrons. The summed E-state index contributed by atoms with van der Waals surface area (Å²) in [4.78, 5) is 21.3. The smallest absolute Gasteiger partial charge is 0.277 e. The number of likely N-dealkylation sites (N-methyl/N-ethyl adjacent to an activating group) is 1. The van der Waals surface area contributed by atoms with Crippen molar-refractivity contribution in [2.75, 3.05) is 48.7 Å². The molecule has 3 heterocycles. The van der Waals surface area contributed by atoms with Crippen LogP contribution >= 0.6 is 11.8 Å². The molecule has 156 valence electrons. The van der Waals surface area contributed by atoms with Gasteiger partial charge in [0.15, 0.2) is 0 Å². The van der Waals surface area contributed by atoms with Crippen LogP contribution in [0.25, 0.3) is 11.6 Å². The van der Waals surface area contributed by atoms with Gasteiger partial charge in [-0.1, -0.05) is 24.8 Å². The van der Waals surface area contributed by atoms with Crippen LogP contribution in [0.15, 0.2) is 58.3 Å². The fourth-order valence-corrected chi connectivity index (χ4v) is 3.83. The van der Waals surface area contributed by atoms with Gasteiger partial charge in [-0.2, -0.15) is 0 Å². The maximum absolute atomic E-state index is 12.3. The minimum atomic E-state index is -0.123. The average molecular weight is 425 g/mol. The molecule has 30 heavy (non-hydrogen) atoms. The summed E-state index contributed by atoms with van der Waals surface area (Å²) in [5, 5.41) is 11.2. The van der Waals surface area contributed by atoms with Crippen LogP contribution < -0.4 is 10.2 Å². The summed E-state index contributed by atoms with van der Waals surface area (Å²) in [7, 11) is 0. The lowest BCUT2D eigenvalue weighted by atomic mass is 10.2. The maximum atomic E-state index is 12.3. The summed E-state index contributed by atoms with van der Waals surface area (Å²) in [6.07, 6.45) is 1.66. The highest BCUT2D eigenvalue weighted by molar-refractivity contribution is 7.99. The maximum Gasteiger partial charge on any atom is 0.277 e. The Kier molecular flexibility index (Phi) is 6.60. The summed E-state index contributed by atoms with van der Waals surface area (Å²) >= 11 is 1.20. The van der Waals surface area contributed by atoms with Crippen LogP contribution in [-0.4, -0.2) is 64.5 Å². The lowest BCUT2D eigenvalue weighted by Crippen LogP contribution is -2.46. The van der Waals surface area contributed by atoms with Crippen molar-refractivity contribution >= 4 is 29.0 Å². The number of hydrogen-bond acceptors (Lipinski definition) is 8. The molecule has 1 aliphatic rings. The summed E-state index contributed by atoms with van der Waals surface area (Å²) in [5.74, 6) is 0.403. The number of piperazine rings is 1. The van der Waals surface area contributed by atoms with Crippen molar-refractivity contribution in [2.24, 2.45) is 0 Å². The second kappa shape index (κ2) is 9.73. The second-order valence-corrected chi connectivity index (χ2v) is 7.82. The summed E-state index contributed by atoms with van der Waals surface area (Å²) in [6, 6.07) is 13.5. The Balaban J connectivity index is 1.26. The second-order valence-electron chi connectivity index (χ2n) is 6.89. The van der Waals surface area contributed by atoms with E-state index >= 15 is 0 Å². The number of anilines is 2. The number of rotatable bonds is 7. The van der Waals surface area contributed by atoms with E-state index in [-0.39, 0.29) is 11.7 Å². The predicted octanol–water partition coefficient (Wildman–Crippen LogP) is 3.00. The van der Waals surface area contributed by atoms with Crippen LogP contribution in [0.1, 0.15) is 6.92 Å². The van der Waals surface area contributed by atoms with Crippen molar-refractivity contribution in [2.45, 2.75) is 12.1 Å². The van der Waals surface area contributed by atoms with Gasteiger partial charge in [0.1, 0.15) is 5.69 Å². The van der Waals surface area contributed by atoms with Crippen molar-refractivity contribution in [1.29, 1.82) is 0 Å². The SMILES string of the molecule is CCN1CCN(c2ccc(NC(=O)CSc3nnc(-c4ccccn4)o3)cc2)CC1. The largest absolute Gasteiger partial charge is 0.410 e. The molecule has 1 aliphatic heterocycles. The van der Waals surface area contributed by atoms with E-state index in [4.69, 9.17) is 4.42 Å². The molecule has 1 aromatic carbocycles. The zero-order valence-electron chi connectivity index (χ0n) is 16.8.